The number of carbonyl (C=O) groups excluding carboxylic acids is 1. The number of amides is 1. The highest BCUT2D eigenvalue weighted by molar-refractivity contribution is 5.97. The maximum absolute atomic E-state index is 12.1. The van der Waals surface area contributed by atoms with E-state index in [1.807, 2.05) is 12.1 Å². The van der Waals surface area contributed by atoms with Crippen LogP contribution in [0.4, 0.5) is 11.4 Å². The molecule has 2 aliphatic heterocycles. The maximum Gasteiger partial charge on any atom is 0.308 e. The summed E-state index contributed by atoms with van der Waals surface area (Å²) in [5.74, 6) is -0.872. The van der Waals surface area contributed by atoms with Gasteiger partial charge in [-0.3, -0.25) is 9.59 Å². The van der Waals surface area contributed by atoms with E-state index in [9.17, 15) is 14.7 Å². The van der Waals surface area contributed by atoms with Gasteiger partial charge in [0.15, 0.2) is 0 Å². The fourth-order valence-electron chi connectivity index (χ4n) is 3.49. The third-order valence-corrected chi connectivity index (χ3v) is 4.71. The number of rotatable bonds is 4. The molecule has 1 amide bonds. The summed E-state index contributed by atoms with van der Waals surface area (Å²) in [6.07, 6.45) is 4.64. The number of piperidine rings is 1. The second-order valence-electron chi connectivity index (χ2n) is 6.23. The molecule has 5 nitrogen and oxygen atoms in total. The largest absolute Gasteiger partial charge is 0.481 e. The van der Waals surface area contributed by atoms with E-state index >= 15 is 0 Å². The van der Waals surface area contributed by atoms with Gasteiger partial charge in [0.2, 0.25) is 5.91 Å². The topological polar surface area (TPSA) is 60.9 Å². The third-order valence-electron chi connectivity index (χ3n) is 4.71. The van der Waals surface area contributed by atoms with E-state index in [0.29, 0.717) is 19.5 Å². The average molecular weight is 314 g/mol. The zero-order valence-electron chi connectivity index (χ0n) is 13.2. The van der Waals surface area contributed by atoms with Gasteiger partial charge in [-0.2, -0.15) is 0 Å². The number of hydrogen-bond donors (Lipinski definition) is 1. The number of aryl methyl sites for hydroxylation is 1. The van der Waals surface area contributed by atoms with Gasteiger partial charge >= 0.3 is 5.97 Å². The Hall–Kier alpha value is -2.30. The normalized spacial score (nSPS) is 21.0. The van der Waals surface area contributed by atoms with Crippen molar-refractivity contribution in [1.82, 2.24) is 0 Å². The molecule has 0 aromatic heterocycles. The van der Waals surface area contributed by atoms with E-state index in [-0.39, 0.29) is 11.8 Å². The Balaban J connectivity index is 1.85. The molecule has 0 aliphatic carbocycles. The number of carboxylic acid groups (broad SMARTS) is 1. The predicted octanol–water partition coefficient (Wildman–Crippen LogP) is 2.45. The number of hydrogen-bond acceptors (Lipinski definition) is 3. The second-order valence-corrected chi connectivity index (χ2v) is 6.23. The first-order valence-corrected chi connectivity index (χ1v) is 8.12. The van der Waals surface area contributed by atoms with E-state index in [1.54, 1.807) is 11.0 Å². The minimum atomic E-state index is -0.713. The van der Waals surface area contributed by atoms with Gasteiger partial charge in [0, 0.05) is 37.4 Å². The second kappa shape index (κ2) is 6.44. The van der Waals surface area contributed by atoms with Crippen LogP contribution in [-0.4, -0.2) is 36.6 Å². The van der Waals surface area contributed by atoms with Gasteiger partial charge in [-0.1, -0.05) is 6.08 Å². The first-order valence-electron chi connectivity index (χ1n) is 8.12. The number of anilines is 2. The van der Waals surface area contributed by atoms with Gasteiger partial charge in [-0.15, -0.1) is 6.58 Å². The minimum absolute atomic E-state index is 0.133. The van der Waals surface area contributed by atoms with Gasteiger partial charge in [0.05, 0.1) is 5.92 Å². The van der Waals surface area contributed by atoms with Gasteiger partial charge in [0.1, 0.15) is 0 Å². The van der Waals surface area contributed by atoms with Crippen molar-refractivity contribution in [2.24, 2.45) is 5.92 Å². The highest BCUT2D eigenvalue weighted by atomic mass is 16.4. The van der Waals surface area contributed by atoms with E-state index in [2.05, 4.69) is 17.5 Å². The van der Waals surface area contributed by atoms with E-state index in [0.717, 1.165) is 42.7 Å². The van der Waals surface area contributed by atoms with Crippen molar-refractivity contribution in [3.8, 4) is 0 Å². The first-order chi connectivity index (χ1) is 11.1. The molecule has 2 aliphatic rings. The van der Waals surface area contributed by atoms with Crippen LogP contribution in [0.1, 0.15) is 24.8 Å². The van der Waals surface area contributed by atoms with Crippen LogP contribution in [0, 0.1) is 5.92 Å². The van der Waals surface area contributed by atoms with Crippen LogP contribution in [0.2, 0.25) is 0 Å². The summed E-state index contributed by atoms with van der Waals surface area (Å²) in [5.41, 5.74) is 3.17. The summed E-state index contributed by atoms with van der Waals surface area (Å²) in [6, 6.07) is 6.09. The Morgan fingerprint density at radius 2 is 2.22 bits per heavy atom. The molecule has 1 N–H and O–H groups in total. The van der Waals surface area contributed by atoms with Crippen LogP contribution < -0.4 is 9.80 Å². The summed E-state index contributed by atoms with van der Waals surface area (Å²) in [7, 11) is 0. The average Bonchev–Trinajstić information content (AvgIpc) is 2.57. The number of carboxylic acids is 1. The monoisotopic (exact) mass is 314 g/mol. The lowest BCUT2D eigenvalue weighted by molar-refractivity contribution is -0.142. The quantitative estimate of drug-likeness (QED) is 0.867. The number of benzene rings is 1. The molecule has 1 aromatic carbocycles. The molecule has 1 aromatic rings. The van der Waals surface area contributed by atoms with E-state index in [1.165, 1.54) is 0 Å². The molecule has 122 valence electrons. The smallest absolute Gasteiger partial charge is 0.308 e. The van der Waals surface area contributed by atoms with Gasteiger partial charge in [-0.05, 0) is 43.0 Å². The summed E-state index contributed by atoms with van der Waals surface area (Å²) in [4.78, 5) is 27.2. The molecular weight excluding hydrogens is 292 g/mol. The van der Waals surface area contributed by atoms with Crippen LogP contribution >= 0.6 is 0 Å². The summed E-state index contributed by atoms with van der Waals surface area (Å²) in [5, 5.41) is 9.24. The molecule has 5 heteroatoms. The van der Waals surface area contributed by atoms with Crippen molar-refractivity contribution in [3.63, 3.8) is 0 Å². The molecule has 0 bridgehead atoms. The van der Waals surface area contributed by atoms with Crippen molar-refractivity contribution in [1.29, 1.82) is 0 Å². The Kier molecular flexibility index (Phi) is 4.37. The predicted molar refractivity (Wildman–Crippen MR) is 89.9 cm³/mol. The van der Waals surface area contributed by atoms with Crippen molar-refractivity contribution in [2.75, 3.05) is 29.4 Å². The van der Waals surface area contributed by atoms with Crippen LogP contribution in [0.3, 0.4) is 0 Å². The SMILES string of the molecule is C=CCN1C(=O)CCc2cc(N3CCCC(C(=O)O)C3)ccc21. The van der Waals surface area contributed by atoms with Crippen LogP contribution in [-0.2, 0) is 16.0 Å². The van der Waals surface area contributed by atoms with Crippen molar-refractivity contribution in [2.45, 2.75) is 25.7 Å². The van der Waals surface area contributed by atoms with Gasteiger partial charge in [0.25, 0.3) is 0 Å². The van der Waals surface area contributed by atoms with Crippen molar-refractivity contribution < 1.29 is 14.7 Å². The summed E-state index contributed by atoms with van der Waals surface area (Å²) < 4.78 is 0. The molecule has 0 radical (unpaired) electrons. The highest BCUT2D eigenvalue weighted by Gasteiger charge is 2.27. The Labute approximate surface area is 136 Å². The van der Waals surface area contributed by atoms with Gasteiger partial charge < -0.3 is 14.9 Å². The molecule has 1 unspecified atom stereocenters. The number of nitrogens with zero attached hydrogens (tertiary/aromatic N) is 2. The number of carbonyl (C=O) groups is 2. The number of aliphatic carboxylic acids is 1. The standard InChI is InChI=1S/C18H22N2O3/c1-2-9-20-16-7-6-15(11-13(16)5-8-17(20)21)19-10-3-4-14(12-19)18(22)23/h2,6-7,11,14H,1,3-5,8-10,12H2,(H,22,23). The Morgan fingerprint density at radius 3 is 2.96 bits per heavy atom. The molecule has 0 saturated carbocycles. The molecule has 0 spiro atoms. The van der Waals surface area contributed by atoms with E-state index < -0.39 is 5.97 Å². The van der Waals surface area contributed by atoms with Gasteiger partial charge in [-0.25, -0.2) is 0 Å². The summed E-state index contributed by atoms with van der Waals surface area (Å²) in [6.45, 7) is 5.69. The van der Waals surface area contributed by atoms with E-state index in [4.69, 9.17) is 0 Å². The molecule has 1 atom stereocenters. The lowest BCUT2D eigenvalue weighted by Gasteiger charge is -2.34. The minimum Gasteiger partial charge on any atom is -0.481 e. The lowest BCUT2D eigenvalue weighted by atomic mass is 9.96. The maximum atomic E-state index is 12.1. The molecule has 3 rings (SSSR count). The third kappa shape index (κ3) is 3.09. The molecular formula is C18H22N2O3. The molecule has 1 saturated heterocycles. The fourth-order valence-corrected chi connectivity index (χ4v) is 3.49. The molecule has 2 heterocycles. The van der Waals surface area contributed by atoms with Crippen LogP contribution in [0.15, 0.2) is 30.9 Å². The first kappa shape index (κ1) is 15.6. The fraction of sp³-hybridized carbons (Fsp3) is 0.444. The Morgan fingerprint density at radius 1 is 1.39 bits per heavy atom. The summed E-state index contributed by atoms with van der Waals surface area (Å²) >= 11 is 0. The van der Waals surface area contributed by atoms with Crippen molar-refractivity contribution >= 4 is 23.3 Å². The highest BCUT2D eigenvalue weighted by Crippen LogP contribution is 2.33. The zero-order valence-corrected chi connectivity index (χ0v) is 13.2. The zero-order chi connectivity index (χ0) is 16.4. The lowest BCUT2D eigenvalue weighted by Crippen LogP contribution is -2.39. The van der Waals surface area contributed by atoms with Crippen molar-refractivity contribution in [3.05, 3.63) is 36.4 Å². The van der Waals surface area contributed by atoms with Crippen LogP contribution in [0.5, 0.6) is 0 Å². The Bertz CT molecular complexity index is 641. The molecule has 23 heavy (non-hydrogen) atoms. The van der Waals surface area contributed by atoms with Crippen LogP contribution in [0.25, 0.3) is 0 Å². The molecule has 1 fully saturated rings. The number of fused-ring (bicyclic) bond motifs is 1.